The molecule has 0 heterocycles. The van der Waals surface area contributed by atoms with Crippen LogP contribution in [0.1, 0.15) is 0 Å². The Kier molecular flexibility index (Phi) is 4.28. The number of hydrogen-bond acceptors (Lipinski definition) is 4. The van der Waals surface area contributed by atoms with Crippen LogP contribution in [0.3, 0.4) is 0 Å². The third-order valence-corrected chi connectivity index (χ3v) is 3.76. The van der Waals surface area contributed by atoms with Crippen LogP contribution in [0.25, 0.3) is 0 Å². The van der Waals surface area contributed by atoms with Crippen molar-refractivity contribution in [3.63, 3.8) is 0 Å². The predicted octanol–water partition coefficient (Wildman–Crippen LogP) is -0.0104. The maximum atomic E-state index is 11.8. The van der Waals surface area contributed by atoms with Gasteiger partial charge in [-0.3, -0.25) is 0 Å². The first kappa shape index (κ1) is 13.0. The van der Waals surface area contributed by atoms with Gasteiger partial charge in [0.25, 0.3) is 0 Å². The van der Waals surface area contributed by atoms with E-state index in [1.165, 1.54) is 7.05 Å². The molecular weight excluding hydrogens is 226 g/mol. The number of rotatable bonds is 5. The lowest BCUT2D eigenvalue weighted by Gasteiger charge is -2.21. The van der Waals surface area contributed by atoms with E-state index in [1.807, 2.05) is 11.9 Å². The normalized spacial score (nSPS) is 11.4. The minimum absolute atomic E-state index is 0.272. The van der Waals surface area contributed by atoms with E-state index in [9.17, 15) is 8.42 Å². The zero-order valence-electron chi connectivity index (χ0n) is 9.47. The summed E-state index contributed by atoms with van der Waals surface area (Å²) in [5, 5.41) is 0. The van der Waals surface area contributed by atoms with Gasteiger partial charge in [-0.05, 0) is 19.2 Å². The maximum absolute atomic E-state index is 11.8. The highest BCUT2D eigenvalue weighted by Crippen LogP contribution is 2.23. The van der Waals surface area contributed by atoms with Crippen LogP contribution in [0.2, 0.25) is 0 Å². The molecule has 0 bridgehead atoms. The molecule has 1 aromatic carbocycles. The van der Waals surface area contributed by atoms with E-state index in [-0.39, 0.29) is 4.90 Å². The van der Waals surface area contributed by atoms with Gasteiger partial charge in [-0.1, -0.05) is 12.1 Å². The monoisotopic (exact) mass is 243 g/mol. The lowest BCUT2D eigenvalue weighted by Crippen LogP contribution is -2.28. The quantitative estimate of drug-likeness (QED) is 0.762. The zero-order chi connectivity index (χ0) is 12.2. The Hall–Kier alpha value is -1.11. The summed E-state index contributed by atoms with van der Waals surface area (Å²) in [5.74, 6) is 0. The van der Waals surface area contributed by atoms with Gasteiger partial charge in [-0.25, -0.2) is 13.1 Å². The van der Waals surface area contributed by atoms with Crippen LogP contribution in [0.4, 0.5) is 5.69 Å². The van der Waals surface area contributed by atoms with E-state index < -0.39 is 10.0 Å². The molecule has 5 nitrogen and oxygen atoms in total. The van der Waals surface area contributed by atoms with Gasteiger partial charge in [-0.2, -0.15) is 0 Å². The second-order valence-corrected chi connectivity index (χ2v) is 5.24. The number of nitrogens with two attached hydrogens (primary N) is 1. The molecule has 0 saturated carbocycles. The topological polar surface area (TPSA) is 75.4 Å². The van der Waals surface area contributed by atoms with Gasteiger partial charge in [0.2, 0.25) is 10.0 Å². The van der Waals surface area contributed by atoms with Crippen LogP contribution in [0.15, 0.2) is 29.2 Å². The summed E-state index contributed by atoms with van der Waals surface area (Å²) >= 11 is 0. The largest absolute Gasteiger partial charge is 0.372 e. The van der Waals surface area contributed by atoms with Crippen molar-refractivity contribution in [3.05, 3.63) is 24.3 Å². The number of para-hydroxylation sites is 1. The highest BCUT2D eigenvalue weighted by Gasteiger charge is 2.17. The first-order valence-electron chi connectivity index (χ1n) is 4.96. The molecule has 1 rings (SSSR count). The minimum Gasteiger partial charge on any atom is -0.372 e. The van der Waals surface area contributed by atoms with Crippen molar-refractivity contribution >= 4 is 15.7 Å². The summed E-state index contributed by atoms with van der Waals surface area (Å²) in [7, 11) is -0.210. The highest BCUT2D eigenvalue weighted by molar-refractivity contribution is 7.89. The first-order valence-corrected chi connectivity index (χ1v) is 6.45. The van der Waals surface area contributed by atoms with Crippen molar-refractivity contribution in [1.82, 2.24) is 4.72 Å². The lowest BCUT2D eigenvalue weighted by molar-refractivity contribution is 0.588. The fourth-order valence-electron chi connectivity index (χ4n) is 1.42. The molecule has 0 amide bonds. The molecule has 1 aromatic rings. The van der Waals surface area contributed by atoms with Gasteiger partial charge in [0.15, 0.2) is 0 Å². The summed E-state index contributed by atoms with van der Waals surface area (Å²) in [6.07, 6.45) is 0. The summed E-state index contributed by atoms with van der Waals surface area (Å²) in [6, 6.07) is 6.84. The van der Waals surface area contributed by atoms with Gasteiger partial charge >= 0.3 is 0 Å². The van der Waals surface area contributed by atoms with E-state index in [4.69, 9.17) is 5.73 Å². The summed E-state index contributed by atoms with van der Waals surface area (Å²) in [6.45, 7) is 1.08. The van der Waals surface area contributed by atoms with Crippen molar-refractivity contribution in [1.29, 1.82) is 0 Å². The Morgan fingerprint density at radius 2 is 2.00 bits per heavy atom. The molecule has 0 fully saturated rings. The number of nitrogens with zero attached hydrogens (tertiary/aromatic N) is 1. The van der Waals surface area contributed by atoms with E-state index >= 15 is 0 Å². The summed E-state index contributed by atoms with van der Waals surface area (Å²) in [4.78, 5) is 2.10. The maximum Gasteiger partial charge on any atom is 0.242 e. The molecule has 0 saturated heterocycles. The van der Waals surface area contributed by atoms with Crippen molar-refractivity contribution in [2.45, 2.75) is 4.90 Å². The Balaban J connectivity index is 3.20. The van der Waals surface area contributed by atoms with Gasteiger partial charge in [0.1, 0.15) is 4.90 Å². The van der Waals surface area contributed by atoms with Crippen molar-refractivity contribution in [2.24, 2.45) is 5.73 Å². The van der Waals surface area contributed by atoms with Crippen LogP contribution in [-0.4, -0.2) is 35.6 Å². The number of sulfonamides is 1. The first-order chi connectivity index (χ1) is 7.53. The van der Waals surface area contributed by atoms with Crippen molar-refractivity contribution < 1.29 is 8.42 Å². The molecule has 0 aromatic heterocycles. The number of anilines is 1. The Labute approximate surface area is 96.3 Å². The van der Waals surface area contributed by atoms with E-state index in [2.05, 4.69) is 4.72 Å². The molecule has 3 N–H and O–H groups in total. The Morgan fingerprint density at radius 3 is 2.56 bits per heavy atom. The smallest absolute Gasteiger partial charge is 0.242 e. The second-order valence-electron chi connectivity index (χ2n) is 3.39. The Bertz CT molecular complexity index is 445. The molecule has 0 aliphatic heterocycles. The van der Waals surface area contributed by atoms with Gasteiger partial charge in [0, 0.05) is 20.1 Å². The highest BCUT2D eigenvalue weighted by atomic mass is 32.2. The third kappa shape index (κ3) is 2.72. The fourth-order valence-corrected chi connectivity index (χ4v) is 2.40. The van der Waals surface area contributed by atoms with Crippen LogP contribution >= 0.6 is 0 Å². The van der Waals surface area contributed by atoms with Gasteiger partial charge in [0.05, 0.1) is 5.69 Å². The molecule has 0 aliphatic carbocycles. The number of hydrogen-bond donors (Lipinski definition) is 2. The molecule has 0 unspecified atom stereocenters. The van der Waals surface area contributed by atoms with Crippen LogP contribution in [0, 0.1) is 0 Å². The number of benzene rings is 1. The molecule has 0 atom stereocenters. The van der Waals surface area contributed by atoms with E-state index in [0.29, 0.717) is 18.8 Å². The summed E-state index contributed by atoms with van der Waals surface area (Å²) in [5.41, 5.74) is 6.11. The minimum atomic E-state index is -3.42. The van der Waals surface area contributed by atoms with Gasteiger partial charge in [-0.15, -0.1) is 0 Å². The van der Waals surface area contributed by atoms with E-state index in [0.717, 1.165) is 0 Å². The molecule has 0 spiro atoms. The molecule has 0 aliphatic rings. The lowest BCUT2D eigenvalue weighted by atomic mass is 10.3. The van der Waals surface area contributed by atoms with Crippen LogP contribution < -0.4 is 15.4 Å². The Morgan fingerprint density at radius 1 is 1.38 bits per heavy atom. The zero-order valence-corrected chi connectivity index (χ0v) is 10.3. The molecule has 90 valence electrons. The van der Waals surface area contributed by atoms with Crippen molar-refractivity contribution in [2.75, 3.05) is 32.1 Å². The SMILES string of the molecule is CNS(=O)(=O)c1ccccc1N(C)CCN. The number of likely N-dealkylation sites (N-methyl/N-ethyl adjacent to an activating group) is 1. The fraction of sp³-hybridized carbons (Fsp3) is 0.400. The predicted molar refractivity (Wildman–Crippen MR) is 65.0 cm³/mol. The third-order valence-electron chi connectivity index (χ3n) is 2.30. The summed E-state index contributed by atoms with van der Waals surface area (Å²) < 4.78 is 25.8. The van der Waals surface area contributed by atoms with E-state index in [1.54, 1.807) is 24.3 Å². The molecule has 6 heteroatoms. The van der Waals surface area contributed by atoms with Crippen LogP contribution in [0.5, 0.6) is 0 Å². The molecule has 16 heavy (non-hydrogen) atoms. The van der Waals surface area contributed by atoms with Crippen LogP contribution in [-0.2, 0) is 10.0 Å². The second kappa shape index (κ2) is 5.29. The number of nitrogens with one attached hydrogen (secondary N) is 1. The standard InChI is InChI=1S/C10H17N3O2S/c1-12-16(14,15)10-6-4-3-5-9(10)13(2)8-7-11/h3-6,12H,7-8,11H2,1-2H3. The molecular formula is C10H17N3O2S. The molecule has 0 radical (unpaired) electrons. The average molecular weight is 243 g/mol. The van der Waals surface area contributed by atoms with Gasteiger partial charge < -0.3 is 10.6 Å². The average Bonchev–Trinajstić information content (AvgIpc) is 2.29. The van der Waals surface area contributed by atoms with Crippen molar-refractivity contribution in [3.8, 4) is 0 Å².